The zero-order chi connectivity index (χ0) is 12.8. The van der Waals surface area contributed by atoms with Gasteiger partial charge in [0, 0.05) is 18.3 Å². The molecule has 0 spiro atoms. The van der Waals surface area contributed by atoms with Crippen molar-refractivity contribution >= 4 is 11.6 Å². The minimum atomic E-state index is 0.0537. The highest BCUT2D eigenvalue weighted by molar-refractivity contribution is 5.78. The van der Waals surface area contributed by atoms with Crippen LogP contribution < -0.4 is 11.1 Å². The maximum atomic E-state index is 11.5. The van der Waals surface area contributed by atoms with Gasteiger partial charge in [0.2, 0.25) is 5.91 Å². The van der Waals surface area contributed by atoms with Gasteiger partial charge in [0.05, 0.1) is 6.54 Å². The van der Waals surface area contributed by atoms with Gasteiger partial charge in [-0.1, -0.05) is 12.1 Å². The highest BCUT2D eigenvalue weighted by Crippen LogP contribution is 2.07. The van der Waals surface area contributed by atoms with Crippen molar-refractivity contribution in [2.24, 2.45) is 0 Å². The molecule has 4 nitrogen and oxygen atoms in total. The van der Waals surface area contributed by atoms with E-state index in [1.807, 2.05) is 50.1 Å². The molecule has 1 aromatic carbocycles. The van der Waals surface area contributed by atoms with E-state index in [9.17, 15) is 4.79 Å². The topological polar surface area (TPSA) is 58.4 Å². The number of benzene rings is 1. The van der Waals surface area contributed by atoms with Crippen LogP contribution in [-0.4, -0.2) is 30.4 Å². The highest BCUT2D eigenvalue weighted by atomic mass is 16.2. The molecule has 0 atom stereocenters. The molecule has 0 saturated carbocycles. The Morgan fingerprint density at radius 2 is 1.94 bits per heavy atom. The van der Waals surface area contributed by atoms with Crippen molar-refractivity contribution in [3.63, 3.8) is 0 Å². The number of hydrogen-bond donors (Lipinski definition) is 2. The van der Waals surface area contributed by atoms with E-state index in [0.29, 0.717) is 6.54 Å². The lowest BCUT2D eigenvalue weighted by molar-refractivity contribution is -0.122. The maximum Gasteiger partial charge on any atom is 0.234 e. The fourth-order valence-electron chi connectivity index (χ4n) is 1.60. The van der Waals surface area contributed by atoms with Crippen LogP contribution in [0, 0.1) is 0 Å². The number of nitrogen functional groups attached to an aromatic ring is 1. The van der Waals surface area contributed by atoms with Crippen LogP contribution in [0.1, 0.15) is 19.4 Å². The normalized spacial score (nSPS) is 10.9. The van der Waals surface area contributed by atoms with Gasteiger partial charge in [0.1, 0.15) is 0 Å². The zero-order valence-electron chi connectivity index (χ0n) is 10.7. The minimum Gasteiger partial charge on any atom is -0.399 e. The molecule has 4 heteroatoms. The summed E-state index contributed by atoms with van der Waals surface area (Å²) in [5.74, 6) is 0.0537. The van der Waals surface area contributed by atoms with Crippen LogP contribution in [0.15, 0.2) is 24.3 Å². The number of anilines is 1. The average Bonchev–Trinajstić information content (AvgIpc) is 2.19. The molecule has 0 aromatic heterocycles. The second-order valence-electron chi connectivity index (χ2n) is 4.64. The fourth-order valence-corrected chi connectivity index (χ4v) is 1.60. The van der Waals surface area contributed by atoms with Gasteiger partial charge < -0.3 is 11.1 Å². The third kappa shape index (κ3) is 5.36. The predicted octanol–water partition coefficient (Wildman–Crippen LogP) is 1.23. The summed E-state index contributed by atoms with van der Waals surface area (Å²) in [4.78, 5) is 13.5. The van der Waals surface area contributed by atoms with Gasteiger partial charge in [0.15, 0.2) is 0 Å². The zero-order valence-corrected chi connectivity index (χ0v) is 10.7. The monoisotopic (exact) mass is 235 g/mol. The van der Waals surface area contributed by atoms with Gasteiger partial charge in [-0.05, 0) is 38.6 Å². The van der Waals surface area contributed by atoms with E-state index < -0.39 is 0 Å². The molecule has 0 saturated heterocycles. The van der Waals surface area contributed by atoms with Crippen LogP contribution in [0.2, 0.25) is 0 Å². The van der Waals surface area contributed by atoms with Crippen LogP contribution >= 0.6 is 0 Å². The number of hydrogen-bond acceptors (Lipinski definition) is 3. The van der Waals surface area contributed by atoms with Crippen molar-refractivity contribution < 1.29 is 4.79 Å². The molecule has 1 rings (SSSR count). The van der Waals surface area contributed by atoms with E-state index >= 15 is 0 Å². The summed E-state index contributed by atoms with van der Waals surface area (Å²) in [5, 5.41) is 2.87. The SMILES string of the molecule is CC(C)NC(=O)CN(C)Cc1ccc(N)cc1. The highest BCUT2D eigenvalue weighted by Gasteiger charge is 2.07. The van der Waals surface area contributed by atoms with E-state index in [0.717, 1.165) is 17.8 Å². The van der Waals surface area contributed by atoms with E-state index in [1.54, 1.807) is 0 Å². The first kappa shape index (κ1) is 13.5. The smallest absolute Gasteiger partial charge is 0.234 e. The lowest BCUT2D eigenvalue weighted by Crippen LogP contribution is -2.38. The molecule has 0 aliphatic heterocycles. The van der Waals surface area contributed by atoms with Crippen LogP contribution in [0.5, 0.6) is 0 Å². The van der Waals surface area contributed by atoms with E-state index in [2.05, 4.69) is 5.32 Å². The molecule has 17 heavy (non-hydrogen) atoms. The first-order valence-electron chi connectivity index (χ1n) is 5.79. The molecule has 0 unspecified atom stereocenters. The molecule has 0 fully saturated rings. The Morgan fingerprint density at radius 3 is 2.47 bits per heavy atom. The van der Waals surface area contributed by atoms with E-state index in [1.165, 1.54) is 0 Å². The Balaban J connectivity index is 2.41. The summed E-state index contributed by atoms with van der Waals surface area (Å²) < 4.78 is 0. The number of nitrogens with two attached hydrogens (primary N) is 1. The molecule has 1 amide bonds. The van der Waals surface area contributed by atoms with Gasteiger partial charge in [-0.3, -0.25) is 9.69 Å². The predicted molar refractivity (Wildman–Crippen MR) is 70.5 cm³/mol. The molecular weight excluding hydrogens is 214 g/mol. The number of nitrogens with zero attached hydrogens (tertiary/aromatic N) is 1. The van der Waals surface area contributed by atoms with Crippen molar-refractivity contribution in [1.29, 1.82) is 0 Å². The number of rotatable bonds is 5. The number of amides is 1. The average molecular weight is 235 g/mol. The second kappa shape index (κ2) is 6.25. The van der Waals surface area contributed by atoms with Gasteiger partial charge in [-0.15, -0.1) is 0 Å². The largest absolute Gasteiger partial charge is 0.399 e. The molecule has 3 N–H and O–H groups in total. The second-order valence-corrected chi connectivity index (χ2v) is 4.64. The third-order valence-electron chi connectivity index (χ3n) is 2.30. The van der Waals surface area contributed by atoms with Crippen molar-refractivity contribution in [3.05, 3.63) is 29.8 Å². The van der Waals surface area contributed by atoms with Crippen molar-refractivity contribution in [3.8, 4) is 0 Å². The Morgan fingerprint density at radius 1 is 1.35 bits per heavy atom. The van der Waals surface area contributed by atoms with Crippen LogP contribution in [0.4, 0.5) is 5.69 Å². The molecular formula is C13H21N3O. The van der Waals surface area contributed by atoms with Crippen LogP contribution in [0.25, 0.3) is 0 Å². The summed E-state index contributed by atoms with van der Waals surface area (Å²) in [6, 6.07) is 7.89. The van der Waals surface area contributed by atoms with Gasteiger partial charge in [-0.25, -0.2) is 0 Å². The van der Waals surface area contributed by atoms with Crippen molar-refractivity contribution in [2.45, 2.75) is 26.4 Å². The lowest BCUT2D eigenvalue weighted by atomic mass is 10.2. The molecule has 1 aromatic rings. The Labute approximate surface area is 103 Å². The Hall–Kier alpha value is -1.55. The van der Waals surface area contributed by atoms with E-state index in [4.69, 9.17) is 5.73 Å². The molecule has 0 radical (unpaired) electrons. The standard InChI is InChI=1S/C13H21N3O/c1-10(2)15-13(17)9-16(3)8-11-4-6-12(14)7-5-11/h4-7,10H,8-9,14H2,1-3H3,(H,15,17). The maximum absolute atomic E-state index is 11.5. The van der Waals surface area contributed by atoms with Crippen LogP contribution in [-0.2, 0) is 11.3 Å². The molecule has 0 heterocycles. The third-order valence-corrected chi connectivity index (χ3v) is 2.30. The molecule has 0 aliphatic rings. The summed E-state index contributed by atoms with van der Waals surface area (Å²) in [5.41, 5.74) is 7.53. The molecule has 0 bridgehead atoms. The summed E-state index contributed by atoms with van der Waals surface area (Å²) in [6.45, 7) is 5.06. The number of carbonyl (C=O) groups excluding carboxylic acids is 1. The quantitative estimate of drug-likeness (QED) is 0.755. The Kier molecular flexibility index (Phi) is 4.97. The van der Waals surface area contributed by atoms with E-state index in [-0.39, 0.29) is 11.9 Å². The fraction of sp³-hybridized carbons (Fsp3) is 0.462. The summed E-state index contributed by atoms with van der Waals surface area (Å²) in [7, 11) is 1.93. The van der Waals surface area contributed by atoms with Gasteiger partial charge in [-0.2, -0.15) is 0 Å². The van der Waals surface area contributed by atoms with Crippen molar-refractivity contribution in [1.82, 2.24) is 10.2 Å². The van der Waals surface area contributed by atoms with Gasteiger partial charge >= 0.3 is 0 Å². The Bertz CT molecular complexity index is 359. The first-order valence-corrected chi connectivity index (χ1v) is 5.79. The van der Waals surface area contributed by atoms with Crippen LogP contribution in [0.3, 0.4) is 0 Å². The first-order chi connectivity index (χ1) is 7.97. The minimum absolute atomic E-state index is 0.0537. The summed E-state index contributed by atoms with van der Waals surface area (Å²) >= 11 is 0. The van der Waals surface area contributed by atoms with Gasteiger partial charge in [0.25, 0.3) is 0 Å². The number of carbonyl (C=O) groups is 1. The molecule has 0 aliphatic carbocycles. The lowest BCUT2D eigenvalue weighted by Gasteiger charge is -2.17. The summed E-state index contributed by atoms with van der Waals surface area (Å²) in [6.07, 6.45) is 0. The number of nitrogens with one attached hydrogen (secondary N) is 1. The number of likely N-dealkylation sites (N-methyl/N-ethyl adjacent to an activating group) is 1. The van der Waals surface area contributed by atoms with Crippen molar-refractivity contribution in [2.75, 3.05) is 19.3 Å². The molecule has 94 valence electrons.